The van der Waals surface area contributed by atoms with Gasteiger partial charge in [-0.25, -0.2) is 4.98 Å². The average Bonchev–Trinajstić information content (AvgIpc) is 3.54. The third kappa shape index (κ3) is 27.0. The second-order valence-corrected chi connectivity index (χ2v) is 15.1. The van der Waals surface area contributed by atoms with E-state index in [9.17, 15) is 14.4 Å². The monoisotopic (exact) mass is 734 g/mol. The largest absolute Gasteiger partial charge is 0.462 e. The van der Waals surface area contributed by atoms with Crippen molar-refractivity contribution < 1.29 is 23.9 Å². The van der Waals surface area contributed by atoms with Gasteiger partial charge in [0.05, 0.1) is 0 Å². The number of thioether (sulfide) groups is 1. The van der Waals surface area contributed by atoms with Crippen molar-refractivity contribution in [1.82, 2.24) is 14.5 Å². The van der Waals surface area contributed by atoms with Gasteiger partial charge >= 0.3 is 11.9 Å². The molecule has 0 saturated carbocycles. The van der Waals surface area contributed by atoms with Crippen molar-refractivity contribution in [3.05, 3.63) is 30.4 Å². The zero-order valence-electron chi connectivity index (χ0n) is 33.2. The quantitative estimate of drug-likeness (QED) is 0.0395. The molecule has 0 radical (unpaired) electrons. The first-order valence-corrected chi connectivity index (χ1v) is 21.8. The van der Waals surface area contributed by atoms with E-state index >= 15 is 0 Å². The third-order valence-electron chi connectivity index (χ3n) is 9.36. The number of aryl methyl sites for hydroxylation is 2. The molecule has 0 unspecified atom stereocenters. The number of aromatic nitrogens is 2. The molecule has 0 bridgehead atoms. The van der Waals surface area contributed by atoms with Crippen molar-refractivity contribution in [3.8, 4) is 0 Å². The number of hydrogen-bond acceptors (Lipinski definition) is 7. The van der Waals surface area contributed by atoms with Crippen LogP contribution in [0.1, 0.15) is 181 Å². The molecule has 294 valence electrons. The molecule has 1 amide bonds. The van der Waals surface area contributed by atoms with Gasteiger partial charge in [0.1, 0.15) is 18.5 Å². The summed E-state index contributed by atoms with van der Waals surface area (Å²) in [6.45, 7) is 11.2. The Labute approximate surface area is 316 Å². The molecule has 0 saturated heterocycles. The summed E-state index contributed by atoms with van der Waals surface area (Å²) in [6.07, 6.45) is 32.2. The van der Waals surface area contributed by atoms with Crippen LogP contribution < -0.4 is 0 Å². The molecule has 0 spiro atoms. The van der Waals surface area contributed by atoms with Gasteiger partial charge in [-0.15, -0.1) is 0 Å². The van der Waals surface area contributed by atoms with Crippen LogP contribution in [0.15, 0.2) is 24.5 Å². The maximum atomic E-state index is 13.3. The summed E-state index contributed by atoms with van der Waals surface area (Å²) >= 11 is 1.39. The normalized spacial score (nSPS) is 11.5. The molecule has 0 fully saturated rings. The number of rotatable bonds is 34. The smallest absolute Gasteiger partial charge is 0.306 e. The zero-order valence-corrected chi connectivity index (χ0v) is 34.0. The third-order valence-corrected chi connectivity index (χ3v) is 10.4. The Kier molecular flexibility index (Phi) is 30.7. The van der Waals surface area contributed by atoms with Crippen LogP contribution in [0.4, 0.5) is 4.79 Å². The second-order valence-electron chi connectivity index (χ2n) is 14.1. The van der Waals surface area contributed by atoms with Crippen LogP contribution in [0.25, 0.3) is 0 Å². The highest BCUT2D eigenvalue weighted by molar-refractivity contribution is 8.13. The first-order valence-electron chi connectivity index (χ1n) is 20.8. The Hall–Kier alpha value is -2.29. The van der Waals surface area contributed by atoms with E-state index in [0.717, 1.165) is 95.2 Å². The van der Waals surface area contributed by atoms with Crippen molar-refractivity contribution in [3.63, 3.8) is 0 Å². The molecule has 0 N–H and O–H groups in total. The van der Waals surface area contributed by atoms with E-state index in [1.54, 1.807) is 0 Å². The van der Waals surface area contributed by atoms with E-state index in [2.05, 4.69) is 36.4 Å². The molecule has 0 aliphatic heterocycles. The van der Waals surface area contributed by atoms with Crippen LogP contribution in [0.2, 0.25) is 0 Å². The number of imidazole rings is 1. The minimum absolute atomic E-state index is 0.0536. The predicted octanol–water partition coefficient (Wildman–Crippen LogP) is 11.8. The Morgan fingerprint density at radius 1 is 0.745 bits per heavy atom. The number of esters is 2. The standard InChI is InChI=1S/C42H75N3O5S/c1-5-8-11-14-15-16-25-36-49-40(46)29-21-17-23-32-45(42(48)51-37-26-34-44-35-31-43-38(44)4)33-24-18-22-30-41(47)50-39(27-19-12-9-6-2)28-20-13-10-7-3/h16,25,31,35,39H,5-15,17-24,26-30,32-34,36-37H2,1-4H3/b25-16-. The zero-order chi connectivity index (χ0) is 37.2. The van der Waals surface area contributed by atoms with Crippen molar-refractivity contribution >= 4 is 28.9 Å². The van der Waals surface area contributed by atoms with Crippen molar-refractivity contribution in [2.24, 2.45) is 0 Å². The topological polar surface area (TPSA) is 90.7 Å². The highest BCUT2D eigenvalue weighted by atomic mass is 32.2. The van der Waals surface area contributed by atoms with E-state index in [1.807, 2.05) is 30.3 Å². The van der Waals surface area contributed by atoms with Gasteiger partial charge in [-0.3, -0.25) is 14.4 Å². The van der Waals surface area contributed by atoms with Crippen LogP contribution in [-0.4, -0.2) is 63.2 Å². The highest BCUT2D eigenvalue weighted by Gasteiger charge is 2.16. The van der Waals surface area contributed by atoms with Gasteiger partial charge < -0.3 is 18.9 Å². The van der Waals surface area contributed by atoms with E-state index < -0.39 is 0 Å². The van der Waals surface area contributed by atoms with Crippen LogP contribution >= 0.6 is 11.8 Å². The molecule has 9 heteroatoms. The van der Waals surface area contributed by atoms with E-state index in [-0.39, 0.29) is 23.3 Å². The van der Waals surface area contributed by atoms with Crippen molar-refractivity contribution in [2.75, 3.05) is 25.4 Å². The van der Waals surface area contributed by atoms with Crippen molar-refractivity contribution in [1.29, 1.82) is 0 Å². The first kappa shape index (κ1) is 46.7. The average molecular weight is 734 g/mol. The fourth-order valence-corrected chi connectivity index (χ4v) is 6.92. The fourth-order valence-electron chi connectivity index (χ4n) is 6.11. The molecule has 0 aliphatic rings. The van der Waals surface area contributed by atoms with Gasteiger partial charge in [0.25, 0.3) is 5.24 Å². The van der Waals surface area contributed by atoms with Crippen LogP contribution in [0.3, 0.4) is 0 Å². The predicted molar refractivity (Wildman–Crippen MR) is 214 cm³/mol. The molecule has 0 aliphatic carbocycles. The lowest BCUT2D eigenvalue weighted by molar-refractivity contribution is -0.150. The number of unbranched alkanes of at least 4 members (excludes halogenated alkanes) is 14. The van der Waals surface area contributed by atoms with E-state index in [1.165, 1.54) is 76.0 Å². The van der Waals surface area contributed by atoms with Gasteiger partial charge in [-0.05, 0) is 77.6 Å². The molecule has 0 atom stereocenters. The molecular weight excluding hydrogens is 659 g/mol. The van der Waals surface area contributed by atoms with Gasteiger partial charge in [-0.1, -0.05) is 115 Å². The number of nitrogens with zero attached hydrogens (tertiary/aromatic N) is 3. The number of carbonyl (C=O) groups is 3. The molecular formula is C42H75N3O5S. The Balaban J connectivity index is 2.44. The van der Waals surface area contributed by atoms with Crippen molar-refractivity contribution in [2.45, 2.75) is 194 Å². The summed E-state index contributed by atoms with van der Waals surface area (Å²) in [6, 6.07) is 0. The molecule has 8 nitrogen and oxygen atoms in total. The molecule has 1 aromatic rings. The van der Waals surface area contributed by atoms with Crippen LogP contribution in [0, 0.1) is 6.92 Å². The molecule has 51 heavy (non-hydrogen) atoms. The first-order chi connectivity index (χ1) is 24.9. The summed E-state index contributed by atoms with van der Waals surface area (Å²) < 4.78 is 13.4. The number of allylic oxidation sites excluding steroid dienone is 1. The Morgan fingerprint density at radius 2 is 1.33 bits per heavy atom. The molecule has 1 heterocycles. The number of amides is 1. The van der Waals surface area contributed by atoms with E-state index in [0.29, 0.717) is 32.5 Å². The Morgan fingerprint density at radius 3 is 1.92 bits per heavy atom. The minimum Gasteiger partial charge on any atom is -0.462 e. The van der Waals surface area contributed by atoms with Gasteiger partial charge in [-0.2, -0.15) is 0 Å². The highest BCUT2D eigenvalue weighted by Crippen LogP contribution is 2.18. The van der Waals surface area contributed by atoms with Crippen LogP contribution in [0.5, 0.6) is 0 Å². The summed E-state index contributed by atoms with van der Waals surface area (Å²) in [7, 11) is 0. The number of hydrogen-bond donors (Lipinski definition) is 0. The van der Waals surface area contributed by atoms with Gasteiger partial charge in [0.2, 0.25) is 0 Å². The SMILES string of the molecule is CCCCCC/C=C\COC(=O)CCCCCN(CCCCCC(=O)OC(CCCCCC)CCCCCC)C(=O)SCCCn1ccnc1C. The summed E-state index contributed by atoms with van der Waals surface area (Å²) in [5.41, 5.74) is 0. The lowest BCUT2D eigenvalue weighted by Gasteiger charge is -2.22. The second kappa shape index (κ2) is 33.5. The van der Waals surface area contributed by atoms with Crippen LogP contribution in [-0.2, 0) is 25.6 Å². The Bertz CT molecular complexity index is 1020. The molecule has 0 aromatic carbocycles. The molecule has 1 aromatic heterocycles. The lowest BCUT2D eigenvalue weighted by atomic mass is 10.0. The van der Waals surface area contributed by atoms with E-state index in [4.69, 9.17) is 9.47 Å². The summed E-state index contributed by atoms with van der Waals surface area (Å²) in [5.74, 6) is 1.53. The maximum Gasteiger partial charge on any atom is 0.306 e. The number of ether oxygens (including phenoxy) is 2. The minimum atomic E-state index is -0.153. The number of carbonyl (C=O) groups excluding carboxylic acids is 3. The molecule has 1 rings (SSSR count). The fraction of sp³-hybridized carbons (Fsp3) is 0.810. The summed E-state index contributed by atoms with van der Waals surface area (Å²) in [5, 5.41) is 0.117. The lowest BCUT2D eigenvalue weighted by Crippen LogP contribution is -2.30. The maximum absolute atomic E-state index is 13.3. The summed E-state index contributed by atoms with van der Waals surface area (Å²) in [4.78, 5) is 44.4. The van der Waals surface area contributed by atoms with Gasteiger partial charge in [0.15, 0.2) is 0 Å². The van der Waals surface area contributed by atoms with Gasteiger partial charge in [0, 0.05) is 50.6 Å².